The van der Waals surface area contributed by atoms with Gasteiger partial charge in [0.25, 0.3) is 0 Å². The molecular formula is C15H19N3. The standard InChI is InChI=1S/C15H19N3/c1-2-4-13(5-3-1)14-10-15(11-14)17-7-9-18-8-6-16-12-18/h1-6,8,12,14-15,17H,7,9-11H2. The van der Waals surface area contributed by atoms with E-state index in [1.165, 1.54) is 18.4 Å². The molecule has 0 atom stereocenters. The van der Waals surface area contributed by atoms with Crippen molar-refractivity contribution in [2.24, 2.45) is 0 Å². The first-order chi connectivity index (χ1) is 8.92. The van der Waals surface area contributed by atoms with Crippen LogP contribution in [0.25, 0.3) is 0 Å². The van der Waals surface area contributed by atoms with Crippen LogP contribution in [0.4, 0.5) is 0 Å². The van der Waals surface area contributed by atoms with Gasteiger partial charge in [0, 0.05) is 31.5 Å². The molecule has 1 aromatic carbocycles. The average Bonchev–Trinajstić information content (AvgIpc) is 2.86. The van der Waals surface area contributed by atoms with Gasteiger partial charge < -0.3 is 9.88 Å². The molecule has 94 valence electrons. The maximum atomic E-state index is 4.04. The molecule has 1 N–H and O–H groups in total. The highest BCUT2D eigenvalue weighted by atomic mass is 15.1. The van der Waals surface area contributed by atoms with Crippen LogP contribution in [0.2, 0.25) is 0 Å². The van der Waals surface area contributed by atoms with Crippen LogP contribution in [0.15, 0.2) is 49.1 Å². The third-order valence-electron chi connectivity index (χ3n) is 3.77. The molecule has 0 unspecified atom stereocenters. The summed E-state index contributed by atoms with van der Waals surface area (Å²) < 4.78 is 2.11. The van der Waals surface area contributed by atoms with Crippen molar-refractivity contribution < 1.29 is 0 Å². The highest BCUT2D eigenvalue weighted by molar-refractivity contribution is 5.22. The van der Waals surface area contributed by atoms with E-state index in [4.69, 9.17) is 0 Å². The Morgan fingerprint density at radius 1 is 1.22 bits per heavy atom. The number of benzene rings is 1. The maximum Gasteiger partial charge on any atom is 0.0946 e. The Kier molecular flexibility index (Phi) is 3.42. The molecule has 1 aliphatic carbocycles. The van der Waals surface area contributed by atoms with E-state index in [2.05, 4.69) is 45.2 Å². The van der Waals surface area contributed by atoms with E-state index in [1.54, 1.807) is 0 Å². The van der Waals surface area contributed by atoms with Crippen molar-refractivity contribution in [3.63, 3.8) is 0 Å². The third kappa shape index (κ3) is 2.62. The Morgan fingerprint density at radius 3 is 2.78 bits per heavy atom. The van der Waals surface area contributed by atoms with Crippen molar-refractivity contribution in [2.75, 3.05) is 6.54 Å². The lowest BCUT2D eigenvalue weighted by atomic mass is 9.76. The fourth-order valence-corrected chi connectivity index (χ4v) is 2.60. The minimum Gasteiger partial charge on any atom is -0.336 e. The van der Waals surface area contributed by atoms with Gasteiger partial charge in [0.05, 0.1) is 6.33 Å². The Morgan fingerprint density at radius 2 is 2.06 bits per heavy atom. The van der Waals surface area contributed by atoms with Crippen molar-refractivity contribution in [3.05, 3.63) is 54.6 Å². The average molecular weight is 241 g/mol. The molecule has 1 heterocycles. The van der Waals surface area contributed by atoms with E-state index in [9.17, 15) is 0 Å². The number of imidazole rings is 1. The third-order valence-corrected chi connectivity index (χ3v) is 3.77. The molecule has 1 aromatic heterocycles. The van der Waals surface area contributed by atoms with Crippen LogP contribution in [0, 0.1) is 0 Å². The lowest BCUT2D eigenvalue weighted by molar-refractivity contribution is 0.288. The van der Waals surface area contributed by atoms with Gasteiger partial charge in [-0.05, 0) is 24.3 Å². The van der Waals surface area contributed by atoms with Crippen LogP contribution in [-0.4, -0.2) is 22.1 Å². The summed E-state index contributed by atoms with van der Waals surface area (Å²) in [6.07, 6.45) is 8.25. The van der Waals surface area contributed by atoms with Crippen LogP contribution in [0.3, 0.4) is 0 Å². The first kappa shape index (κ1) is 11.5. The fourth-order valence-electron chi connectivity index (χ4n) is 2.60. The topological polar surface area (TPSA) is 29.9 Å². The summed E-state index contributed by atoms with van der Waals surface area (Å²) >= 11 is 0. The second-order valence-corrected chi connectivity index (χ2v) is 5.03. The molecule has 2 aromatic rings. The summed E-state index contributed by atoms with van der Waals surface area (Å²) in [5, 5.41) is 3.61. The SMILES string of the molecule is c1ccc(C2CC(NCCn3ccnc3)C2)cc1. The number of rotatable bonds is 5. The van der Waals surface area contributed by atoms with Crippen LogP contribution in [-0.2, 0) is 6.54 Å². The van der Waals surface area contributed by atoms with E-state index in [0.29, 0.717) is 6.04 Å². The predicted molar refractivity (Wildman–Crippen MR) is 72.4 cm³/mol. The quantitative estimate of drug-likeness (QED) is 0.871. The maximum absolute atomic E-state index is 4.04. The molecule has 0 radical (unpaired) electrons. The molecule has 0 bridgehead atoms. The van der Waals surface area contributed by atoms with Crippen molar-refractivity contribution in [1.29, 1.82) is 0 Å². The van der Waals surface area contributed by atoms with Gasteiger partial charge in [-0.25, -0.2) is 4.98 Å². The van der Waals surface area contributed by atoms with Crippen LogP contribution < -0.4 is 5.32 Å². The Bertz CT molecular complexity index is 458. The largest absolute Gasteiger partial charge is 0.336 e. The summed E-state index contributed by atoms with van der Waals surface area (Å²) in [6.45, 7) is 2.04. The summed E-state index contributed by atoms with van der Waals surface area (Å²) in [4.78, 5) is 4.04. The van der Waals surface area contributed by atoms with E-state index in [-0.39, 0.29) is 0 Å². The van der Waals surface area contributed by atoms with E-state index in [0.717, 1.165) is 19.0 Å². The molecule has 3 heteroatoms. The summed E-state index contributed by atoms with van der Waals surface area (Å²) in [7, 11) is 0. The molecule has 1 saturated carbocycles. The van der Waals surface area contributed by atoms with E-state index in [1.807, 2.05) is 18.7 Å². The van der Waals surface area contributed by atoms with Crippen molar-refractivity contribution >= 4 is 0 Å². The monoisotopic (exact) mass is 241 g/mol. The lowest BCUT2D eigenvalue weighted by Crippen LogP contribution is -2.41. The Labute approximate surface area is 108 Å². The first-order valence-electron chi connectivity index (χ1n) is 6.66. The molecule has 3 nitrogen and oxygen atoms in total. The van der Waals surface area contributed by atoms with Gasteiger partial charge in [-0.1, -0.05) is 30.3 Å². The minimum atomic E-state index is 0.693. The molecule has 0 amide bonds. The van der Waals surface area contributed by atoms with Gasteiger partial charge in [-0.15, -0.1) is 0 Å². The Hall–Kier alpha value is -1.61. The molecule has 0 saturated heterocycles. The van der Waals surface area contributed by atoms with Gasteiger partial charge >= 0.3 is 0 Å². The summed E-state index contributed by atoms with van der Waals surface area (Å²) in [5.74, 6) is 0.761. The van der Waals surface area contributed by atoms with Crippen molar-refractivity contribution in [1.82, 2.24) is 14.9 Å². The highest BCUT2D eigenvalue weighted by Crippen LogP contribution is 2.36. The molecule has 3 rings (SSSR count). The Balaban J connectivity index is 1.38. The highest BCUT2D eigenvalue weighted by Gasteiger charge is 2.29. The van der Waals surface area contributed by atoms with Gasteiger partial charge in [0.1, 0.15) is 0 Å². The smallest absolute Gasteiger partial charge is 0.0946 e. The number of aromatic nitrogens is 2. The second-order valence-electron chi connectivity index (χ2n) is 5.03. The van der Waals surface area contributed by atoms with Crippen molar-refractivity contribution in [2.45, 2.75) is 31.3 Å². The number of hydrogen-bond donors (Lipinski definition) is 1. The predicted octanol–water partition coefficient (Wildman–Crippen LogP) is 2.42. The van der Waals surface area contributed by atoms with E-state index >= 15 is 0 Å². The molecule has 18 heavy (non-hydrogen) atoms. The molecule has 0 spiro atoms. The number of hydrogen-bond acceptors (Lipinski definition) is 2. The van der Waals surface area contributed by atoms with Crippen LogP contribution >= 0.6 is 0 Å². The number of nitrogens with zero attached hydrogens (tertiary/aromatic N) is 2. The zero-order valence-electron chi connectivity index (χ0n) is 10.5. The second kappa shape index (κ2) is 5.36. The molecule has 0 aliphatic heterocycles. The van der Waals surface area contributed by atoms with Gasteiger partial charge in [-0.3, -0.25) is 0 Å². The van der Waals surface area contributed by atoms with Gasteiger partial charge in [-0.2, -0.15) is 0 Å². The van der Waals surface area contributed by atoms with Crippen LogP contribution in [0.5, 0.6) is 0 Å². The fraction of sp³-hybridized carbons (Fsp3) is 0.400. The number of nitrogens with one attached hydrogen (secondary N) is 1. The van der Waals surface area contributed by atoms with Gasteiger partial charge in [0.2, 0.25) is 0 Å². The van der Waals surface area contributed by atoms with Crippen LogP contribution in [0.1, 0.15) is 24.3 Å². The first-order valence-corrected chi connectivity index (χ1v) is 6.66. The normalized spacial score (nSPS) is 22.7. The minimum absolute atomic E-state index is 0.693. The lowest BCUT2D eigenvalue weighted by Gasteiger charge is -2.36. The summed E-state index contributed by atoms with van der Waals surface area (Å²) in [6, 6.07) is 11.5. The zero-order valence-corrected chi connectivity index (χ0v) is 10.5. The zero-order chi connectivity index (χ0) is 12.2. The summed E-state index contributed by atoms with van der Waals surface area (Å²) in [5.41, 5.74) is 1.49. The van der Waals surface area contributed by atoms with Crippen molar-refractivity contribution in [3.8, 4) is 0 Å². The molecule has 1 fully saturated rings. The molecular weight excluding hydrogens is 222 g/mol. The van der Waals surface area contributed by atoms with E-state index < -0.39 is 0 Å². The molecule has 1 aliphatic rings. The van der Waals surface area contributed by atoms with Gasteiger partial charge in [0.15, 0.2) is 0 Å².